The average molecular weight is 420 g/mol. The highest BCUT2D eigenvalue weighted by Gasteiger charge is 2.21. The summed E-state index contributed by atoms with van der Waals surface area (Å²) >= 11 is 0. The quantitative estimate of drug-likeness (QED) is 0.233. The first-order valence-electron chi connectivity index (χ1n) is 8.70. The van der Waals surface area contributed by atoms with Crippen LogP contribution in [0.25, 0.3) is 33.0 Å². The van der Waals surface area contributed by atoms with Crippen LogP contribution in [-0.4, -0.2) is 0 Å². The minimum Gasteiger partial charge on any atom is -0.206 e. The first kappa shape index (κ1) is 19.9. The Bertz CT molecular complexity index is 1300. The Morgan fingerprint density at radius 2 is 1.17 bits per heavy atom. The molecule has 0 heterocycles. The van der Waals surface area contributed by atoms with Gasteiger partial charge in [0.25, 0.3) is 0 Å². The average Bonchev–Trinajstić information content (AvgIpc) is 2.65. The van der Waals surface area contributed by atoms with Crippen molar-refractivity contribution in [1.82, 2.24) is 0 Å². The van der Waals surface area contributed by atoms with Gasteiger partial charge in [-0.15, -0.1) is 0 Å². The Morgan fingerprint density at radius 3 is 1.80 bits per heavy atom. The molecule has 30 heavy (non-hydrogen) atoms. The second kappa shape index (κ2) is 7.16. The molecular weight excluding hydrogens is 409 g/mol. The molecule has 0 fully saturated rings. The van der Waals surface area contributed by atoms with Gasteiger partial charge >= 0.3 is 0 Å². The largest absolute Gasteiger partial charge is 0.206 e. The molecule has 0 radical (unpaired) electrons. The van der Waals surface area contributed by atoms with E-state index in [0.717, 1.165) is 18.2 Å². The molecule has 0 amide bonds. The van der Waals surface area contributed by atoms with Crippen LogP contribution in [0.15, 0.2) is 48.5 Å². The lowest BCUT2D eigenvalue weighted by Crippen LogP contribution is -1.98. The number of halogens is 7. The second-order valence-electron chi connectivity index (χ2n) is 6.84. The molecule has 0 saturated heterocycles. The lowest BCUT2D eigenvalue weighted by atomic mass is 9.96. The number of benzene rings is 4. The van der Waals surface area contributed by atoms with Gasteiger partial charge in [-0.25, -0.2) is 30.7 Å². The van der Waals surface area contributed by atoms with Crippen molar-refractivity contribution in [2.75, 3.05) is 0 Å². The molecule has 0 unspecified atom stereocenters. The highest BCUT2D eigenvalue weighted by atomic mass is 19.2. The summed E-state index contributed by atoms with van der Waals surface area (Å²) in [5.41, 5.74) is -0.508. The summed E-state index contributed by atoms with van der Waals surface area (Å²) in [6, 6.07) is 8.00. The van der Waals surface area contributed by atoms with Crippen LogP contribution < -0.4 is 0 Å². The van der Waals surface area contributed by atoms with Gasteiger partial charge in [0.15, 0.2) is 17.5 Å². The van der Waals surface area contributed by atoms with E-state index in [1.807, 2.05) is 0 Å². The van der Waals surface area contributed by atoms with Gasteiger partial charge in [0.1, 0.15) is 23.3 Å². The fourth-order valence-electron chi connectivity index (χ4n) is 3.39. The number of rotatable bonds is 2. The predicted octanol–water partition coefficient (Wildman–Crippen LogP) is 7.46. The summed E-state index contributed by atoms with van der Waals surface area (Å²) in [6.07, 6.45) is 0. The second-order valence-corrected chi connectivity index (χ2v) is 6.84. The molecule has 152 valence electrons. The van der Waals surface area contributed by atoms with Gasteiger partial charge in [-0.3, -0.25) is 0 Å². The molecule has 0 bridgehead atoms. The third-order valence-corrected chi connectivity index (χ3v) is 4.79. The van der Waals surface area contributed by atoms with Crippen molar-refractivity contribution in [3.05, 3.63) is 94.8 Å². The molecule has 4 aromatic carbocycles. The molecule has 0 aliphatic heterocycles. The standard InChI is InChI=1S/C23H11F7/c1-10-2-3-14(15(24)4-10)11-6-16(25)20(17(26)7-11)12-5-13-9-19(28)22(29)23(30)21(13)18(27)8-12/h2-9H,1H3. The molecule has 0 aliphatic rings. The molecule has 0 saturated carbocycles. The fraction of sp³-hybridized carbons (Fsp3) is 0.0435. The van der Waals surface area contributed by atoms with Crippen LogP contribution in [0, 0.1) is 47.6 Å². The van der Waals surface area contributed by atoms with Crippen molar-refractivity contribution in [2.24, 2.45) is 0 Å². The van der Waals surface area contributed by atoms with Gasteiger partial charge in [0, 0.05) is 5.56 Å². The van der Waals surface area contributed by atoms with Crippen LogP contribution in [0.4, 0.5) is 30.7 Å². The number of fused-ring (bicyclic) bond motifs is 1. The van der Waals surface area contributed by atoms with Crippen LogP contribution in [0.1, 0.15) is 5.56 Å². The van der Waals surface area contributed by atoms with Crippen LogP contribution in [0.2, 0.25) is 0 Å². The maximum atomic E-state index is 14.8. The smallest absolute Gasteiger partial charge is 0.195 e. The first-order valence-corrected chi connectivity index (χ1v) is 8.70. The van der Waals surface area contributed by atoms with E-state index in [0.29, 0.717) is 17.7 Å². The maximum Gasteiger partial charge on any atom is 0.195 e. The highest BCUT2D eigenvalue weighted by molar-refractivity contribution is 5.89. The zero-order valence-electron chi connectivity index (χ0n) is 15.3. The van der Waals surface area contributed by atoms with Crippen molar-refractivity contribution >= 4 is 10.8 Å². The van der Waals surface area contributed by atoms with Crippen LogP contribution in [0.5, 0.6) is 0 Å². The van der Waals surface area contributed by atoms with Gasteiger partial charge in [-0.2, -0.15) is 0 Å². The number of hydrogen-bond acceptors (Lipinski definition) is 0. The Kier molecular flexibility index (Phi) is 4.76. The highest BCUT2D eigenvalue weighted by Crippen LogP contribution is 2.35. The molecule has 4 rings (SSSR count). The Balaban J connectivity index is 1.91. The van der Waals surface area contributed by atoms with Gasteiger partial charge in [-0.1, -0.05) is 12.1 Å². The first-order chi connectivity index (χ1) is 14.2. The predicted molar refractivity (Wildman–Crippen MR) is 99.3 cm³/mol. The van der Waals surface area contributed by atoms with E-state index in [2.05, 4.69) is 0 Å². The summed E-state index contributed by atoms with van der Waals surface area (Å²) in [5.74, 6) is -9.41. The summed E-state index contributed by atoms with van der Waals surface area (Å²) in [6.45, 7) is 1.66. The Hall–Kier alpha value is -3.35. The molecule has 0 spiro atoms. The van der Waals surface area contributed by atoms with Crippen molar-refractivity contribution in [3.63, 3.8) is 0 Å². The van der Waals surface area contributed by atoms with Gasteiger partial charge in [0.05, 0.1) is 10.9 Å². The SMILES string of the molecule is Cc1ccc(-c2cc(F)c(-c3cc(F)c4c(F)c(F)c(F)cc4c3)c(F)c2)c(F)c1. The van der Waals surface area contributed by atoms with Crippen molar-refractivity contribution in [3.8, 4) is 22.3 Å². The van der Waals surface area contributed by atoms with E-state index < -0.39 is 57.1 Å². The van der Waals surface area contributed by atoms with Crippen molar-refractivity contribution in [1.29, 1.82) is 0 Å². The summed E-state index contributed by atoms with van der Waals surface area (Å²) in [4.78, 5) is 0. The third-order valence-electron chi connectivity index (χ3n) is 4.79. The van der Waals surface area contributed by atoms with Gasteiger partial charge in [0.2, 0.25) is 0 Å². The molecule has 7 heteroatoms. The summed E-state index contributed by atoms with van der Waals surface area (Å²) in [7, 11) is 0. The molecule has 0 aromatic heterocycles. The number of aryl methyl sites for hydroxylation is 1. The van der Waals surface area contributed by atoms with Crippen molar-refractivity contribution in [2.45, 2.75) is 6.92 Å². The van der Waals surface area contributed by atoms with Crippen LogP contribution in [0.3, 0.4) is 0 Å². The summed E-state index contributed by atoms with van der Waals surface area (Å²) in [5, 5.41) is -1.24. The summed E-state index contributed by atoms with van der Waals surface area (Å²) < 4.78 is 98.8. The van der Waals surface area contributed by atoms with E-state index in [4.69, 9.17) is 0 Å². The zero-order chi connectivity index (χ0) is 21.7. The zero-order valence-corrected chi connectivity index (χ0v) is 15.3. The lowest BCUT2D eigenvalue weighted by molar-refractivity contribution is 0.451. The van der Waals surface area contributed by atoms with Crippen LogP contribution >= 0.6 is 0 Å². The minimum absolute atomic E-state index is 0.0331. The molecule has 0 N–H and O–H groups in total. The molecule has 4 aromatic rings. The van der Waals surface area contributed by atoms with Crippen molar-refractivity contribution < 1.29 is 30.7 Å². The van der Waals surface area contributed by atoms with Gasteiger partial charge < -0.3 is 0 Å². The monoisotopic (exact) mass is 420 g/mol. The molecule has 0 nitrogen and oxygen atoms in total. The maximum absolute atomic E-state index is 14.8. The lowest BCUT2D eigenvalue weighted by Gasteiger charge is -2.12. The van der Waals surface area contributed by atoms with E-state index in [1.165, 1.54) is 12.1 Å². The number of hydrogen-bond donors (Lipinski definition) is 0. The molecular formula is C23H11F7. The van der Waals surface area contributed by atoms with E-state index in [9.17, 15) is 30.7 Å². The van der Waals surface area contributed by atoms with E-state index >= 15 is 0 Å². The van der Waals surface area contributed by atoms with Crippen LogP contribution in [-0.2, 0) is 0 Å². The minimum atomic E-state index is -1.85. The molecule has 0 aliphatic carbocycles. The normalized spacial score (nSPS) is 11.3. The van der Waals surface area contributed by atoms with E-state index in [1.54, 1.807) is 13.0 Å². The fourth-order valence-corrected chi connectivity index (χ4v) is 3.39. The van der Waals surface area contributed by atoms with E-state index in [-0.39, 0.29) is 16.7 Å². The Labute approximate surface area is 166 Å². The topological polar surface area (TPSA) is 0 Å². The third kappa shape index (κ3) is 3.20. The molecule has 0 atom stereocenters. The van der Waals surface area contributed by atoms with Gasteiger partial charge in [-0.05, 0) is 65.4 Å². The Morgan fingerprint density at radius 1 is 0.533 bits per heavy atom.